The lowest BCUT2D eigenvalue weighted by Crippen LogP contribution is -2.60. The maximum absolute atomic E-state index is 6.74. The molecule has 17 heavy (non-hydrogen) atoms. The van der Waals surface area contributed by atoms with Crippen LogP contribution in [0.4, 0.5) is 0 Å². The van der Waals surface area contributed by atoms with Gasteiger partial charge in [-0.25, -0.2) is 0 Å². The van der Waals surface area contributed by atoms with E-state index < -0.39 is 0 Å². The van der Waals surface area contributed by atoms with E-state index in [0.717, 1.165) is 17.8 Å². The zero-order valence-electron chi connectivity index (χ0n) is 11.3. The lowest BCUT2D eigenvalue weighted by molar-refractivity contribution is -0.124. The van der Waals surface area contributed by atoms with Crippen molar-refractivity contribution in [2.75, 3.05) is 0 Å². The van der Waals surface area contributed by atoms with E-state index in [-0.39, 0.29) is 0 Å². The van der Waals surface area contributed by atoms with E-state index in [1.165, 1.54) is 57.8 Å². The molecule has 0 aromatic rings. The van der Waals surface area contributed by atoms with Gasteiger partial charge >= 0.3 is 0 Å². The normalized spacial score (nSPS) is 54.7. The molecule has 1 heteroatoms. The zero-order valence-corrected chi connectivity index (χ0v) is 11.3. The van der Waals surface area contributed by atoms with Gasteiger partial charge in [0.2, 0.25) is 0 Å². The Morgan fingerprint density at radius 3 is 2.18 bits per heavy atom. The van der Waals surface area contributed by atoms with Crippen LogP contribution in [0, 0.1) is 28.6 Å². The minimum absolute atomic E-state index is 0.543. The Hall–Kier alpha value is -0.0400. The molecule has 2 N–H and O–H groups in total. The van der Waals surface area contributed by atoms with E-state index in [2.05, 4.69) is 6.92 Å². The number of nitrogens with two attached hydrogens (primary N) is 1. The van der Waals surface area contributed by atoms with Crippen molar-refractivity contribution in [2.24, 2.45) is 34.3 Å². The van der Waals surface area contributed by atoms with Gasteiger partial charge in [-0.3, -0.25) is 0 Å². The summed E-state index contributed by atoms with van der Waals surface area (Å²) < 4.78 is 0. The standard InChI is InChI=1S/C16H27N/c1-15-6-11-5-12(7-15)9-16(8-11,10-15)14(17)13-3-2-4-13/h11-14H,2-10,17H2,1H3. The third kappa shape index (κ3) is 1.47. The van der Waals surface area contributed by atoms with Gasteiger partial charge in [0.25, 0.3) is 0 Å². The first-order valence-corrected chi connectivity index (χ1v) is 7.84. The second kappa shape index (κ2) is 3.29. The van der Waals surface area contributed by atoms with Gasteiger partial charge in [-0.05, 0) is 80.0 Å². The molecule has 0 aromatic heterocycles. The molecular weight excluding hydrogens is 206 g/mol. The first-order valence-electron chi connectivity index (χ1n) is 7.84. The highest BCUT2D eigenvalue weighted by atomic mass is 14.8. The van der Waals surface area contributed by atoms with E-state index in [9.17, 15) is 0 Å². The van der Waals surface area contributed by atoms with E-state index in [1.807, 2.05) is 0 Å². The van der Waals surface area contributed by atoms with Crippen LogP contribution in [0.15, 0.2) is 0 Å². The highest BCUT2D eigenvalue weighted by Gasteiger charge is 2.58. The fraction of sp³-hybridized carbons (Fsp3) is 1.00. The first-order chi connectivity index (χ1) is 8.09. The molecule has 0 spiro atoms. The van der Waals surface area contributed by atoms with Crippen LogP contribution in [0.25, 0.3) is 0 Å². The minimum Gasteiger partial charge on any atom is -0.327 e. The highest BCUT2D eigenvalue weighted by molar-refractivity contribution is 5.10. The summed E-state index contributed by atoms with van der Waals surface area (Å²) in [5, 5.41) is 0. The minimum atomic E-state index is 0.543. The number of hydrogen-bond acceptors (Lipinski definition) is 1. The summed E-state index contributed by atoms with van der Waals surface area (Å²) in [5.41, 5.74) is 7.98. The fourth-order valence-corrected chi connectivity index (χ4v) is 6.49. The zero-order chi connectivity index (χ0) is 11.7. The molecule has 3 atom stereocenters. The molecule has 1 nitrogen and oxygen atoms in total. The van der Waals surface area contributed by atoms with Crippen molar-refractivity contribution in [1.29, 1.82) is 0 Å². The summed E-state index contributed by atoms with van der Waals surface area (Å²) in [5.74, 6) is 2.95. The Bertz CT molecular complexity index is 316. The molecule has 5 aliphatic rings. The lowest BCUT2D eigenvalue weighted by atomic mass is 9.42. The molecule has 0 radical (unpaired) electrons. The van der Waals surface area contributed by atoms with Gasteiger partial charge in [-0.15, -0.1) is 0 Å². The van der Waals surface area contributed by atoms with E-state index in [4.69, 9.17) is 5.73 Å². The maximum atomic E-state index is 6.74. The summed E-state index contributed by atoms with van der Waals surface area (Å²) >= 11 is 0. The Labute approximate surface area is 106 Å². The Balaban J connectivity index is 1.64. The van der Waals surface area contributed by atoms with Gasteiger partial charge in [0.1, 0.15) is 0 Å². The van der Waals surface area contributed by atoms with Gasteiger partial charge in [0.15, 0.2) is 0 Å². The largest absolute Gasteiger partial charge is 0.327 e. The lowest BCUT2D eigenvalue weighted by Gasteiger charge is -2.64. The van der Waals surface area contributed by atoms with Gasteiger partial charge in [-0.1, -0.05) is 13.3 Å². The summed E-state index contributed by atoms with van der Waals surface area (Å²) in [7, 11) is 0. The highest BCUT2D eigenvalue weighted by Crippen LogP contribution is 2.66. The van der Waals surface area contributed by atoms with Crippen LogP contribution in [-0.4, -0.2) is 6.04 Å². The van der Waals surface area contributed by atoms with Gasteiger partial charge in [0, 0.05) is 6.04 Å². The third-order valence-corrected chi connectivity index (χ3v) is 6.76. The predicted molar refractivity (Wildman–Crippen MR) is 70.5 cm³/mol. The molecule has 5 rings (SSSR count). The smallest absolute Gasteiger partial charge is 0.0124 e. The molecule has 96 valence electrons. The van der Waals surface area contributed by atoms with Crippen molar-refractivity contribution < 1.29 is 0 Å². The molecular formula is C16H27N. The second-order valence-corrected chi connectivity index (χ2v) is 8.35. The SMILES string of the molecule is CC12CC3CC(C1)CC(C(N)C1CCC1)(C3)C2. The third-order valence-electron chi connectivity index (χ3n) is 6.76. The molecule has 5 saturated carbocycles. The Morgan fingerprint density at radius 2 is 1.71 bits per heavy atom. The van der Waals surface area contributed by atoms with Gasteiger partial charge < -0.3 is 5.73 Å². The molecule has 5 aliphatic carbocycles. The van der Waals surface area contributed by atoms with Crippen LogP contribution in [-0.2, 0) is 0 Å². The summed E-state index contributed by atoms with van der Waals surface area (Å²) in [6.07, 6.45) is 13.3. The van der Waals surface area contributed by atoms with Crippen molar-refractivity contribution in [3.8, 4) is 0 Å². The Morgan fingerprint density at radius 1 is 1.06 bits per heavy atom. The molecule has 0 amide bonds. The van der Waals surface area contributed by atoms with Crippen LogP contribution >= 0.6 is 0 Å². The quantitative estimate of drug-likeness (QED) is 0.773. The van der Waals surface area contributed by atoms with Crippen LogP contribution < -0.4 is 5.73 Å². The van der Waals surface area contributed by atoms with E-state index in [1.54, 1.807) is 0 Å². The van der Waals surface area contributed by atoms with Crippen molar-refractivity contribution in [3.63, 3.8) is 0 Å². The monoisotopic (exact) mass is 233 g/mol. The average molecular weight is 233 g/mol. The number of hydrogen-bond donors (Lipinski definition) is 1. The number of rotatable bonds is 2. The molecule has 0 heterocycles. The van der Waals surface area contributed by atoms with Crippen molar-refractivity contribution in [1.82, 2.24) is 0 Å². The summed E-state index contributed by atoms with van der Waals surface area (Å²) in [4.78, 5) is 0. The average Bonchev–Trinajstić information content (AvgIpc) is 2.10. The van der Waals surface area contributed by atoms with Crippen LogP contribution in [0.3, 0.4) is 0 Å². The van der Waals surface area contributed by atoms with Gasteiger partial charge in [0.05, 0.1) is 0 Å². The second-order valence-electron chi connectivity index (χ2n) is 8.35. The predicted octanol–water partition coefficient (Wildman–Crippen LogP) is 3.72. The maximum Gasteiger partial charge on any atom is 0.0124 e. The molecule has 3 unspecified atom stereocenters. The van der Waals surface area contributed by atoms with Crippen molar-refractivity contribution >= 4 is 0 Å². The topological polar surface area (TPSA) is 26.0 Å². The van der Waals surface area contributed by atoms with Crippen LogP contribution in [0.2, 0.25) is 0 Å². The van der Waals surface area contributed by atoms with Crippen molar-refractivity contribution in [2.45, 2.75) is 70.8 Å². The summed E-state index contributed by atoms with van der Waals surface area (Å²) in [6.45, 7) is 2.56. The molecule has 0 aliphatic heterocycles. The van der Waals surface area contributed by atoms with Crippen LogP contribution in [0.5, 0.6) is 0 Å². The fourth-order valence-electron chi connectivity index (χ4n) is 6.49. The first kappa shape index (κ1) is 10.8. The van der Waals surface area contributed by atoms with E-state index >= 15 is 0 Å². The molecule has 4 bridgehead atoms. The molecule has 5 fully saturated rings. The van der Waals surface area contributed by atoms with Crippen molar-refractivity contribution in [3.05, 3.63) is 0 Å². The Kier molecular flexibility index (Phi) is 2.10. The van der Waals surface area contributed by atoms with E-state index in [0.29, 0.717) is 16.9 Å². The van der Waals surface area contributed by atoms with Crippen LogP contribution in [0.1, 0.15) is 64.7 Å². The summed E-state index contributed by atoms with van der Waals surface area (Å²) in [6, 6.07) is 0.543. The molecule has 0 saturated heterocycles. The molecule has 0 aromatic carbocycles. The van der Waals surface area contributed by atoms with Gasteiger partial charge in [-0.2, -0.15) is 0 Å².